The Bertz CT molecular complexity index is 1290. The van der Waals surface area contributed by atoms with E-state index in [1.54, 1.807) is 24.3 Å². The molecule has 4 nitrogen and oxygen atoms in total. The number of ketones is 1. The Labute approximate surface area is 219 Å². The number of hydroxylamine groups is 1. The van der Waals surface area contributed by atoms with E-state index in [9.17, 15) is 9.59 Å². The van der Waals surface area contributed by atoms with Crippen molar-refractivity contribution in [2.24, 2.45) is 5.92 Å². The molecule has 4 aromatic rings. The van der Waals surface area contributed by atoms with Gasteiger partial charge in [0.15, 0.2) is 5.78 Å². The fourth-order valence-electron chi connectivity index (χ4n) is 4.80. The SMILES string of the molecule is C[C@H](NOC(=[O+])c1ccc(C(=O)C2[C@H](c3ccccc3)[C@H]2c2ccccc2)cc1)c1ccc(Br)cc1. The van der Waals surface area contributed by atoms with Crippen LogP contribution >= 0.6 is 15.9 Å². The van der Waals surface area contributed by atoms with Crippen molar-refractivity contribution in [2.45, 2.75) is 24.8 Å². The van der Waals surface area contributed by atoms with Gasteiger partial charge in [-0.2, -0.15) is 4.84 Å². The van der Waals surface area contributed by atoms with E-state index in [-0.39, 0.29) is 29.6 Å². The molecule has 1 fully saturated rings. The quantitative estimate of drug-likeness (QED) is 0.145. The molecule has 3 atom stereocenters. The standard InChI is InChI=1S/C31H26BrNO3/c1-20(21-16-18-26(32)19-17-21)33-36-31(35)25-14-12-24(13-15-25)30(34)29-27(22-8-4-2-5-9-22)28(29)23-10-6-3-7-11-23/h2-20,27-29,33H,1H3/q+1/t20-,27+,28+/m0/s1. The summed E-state index contributed by atoms with van der Waals surface area (Å²) in [6.45, 7) is 1.92. The fourth-order valence-corrected chi connectivity index (χ4v) is 5.06. The van der Waals surface area contributed by atoms with Crippen LogP contribution in [0, 0.1) is 5.92 Å². The molecule has 36 heavy (non-hydrogen) atoms. The highest BCUT2D eigenvalue weighted by atomic mass is 79.9. The van der Waals surface area contributed by atoms with Crippen LogP contribution in [0.1, 0.15) is 62.2 Å². The molecule has 1 radical (unpaired) electrons. The molecule has 1 saturated carbocycles. The molecule has 0 bridgehead atoms. The van der Waals surface area contributed by atoms with Crippen molar-refractivity contribution >= 4 is 27.7 Å². The Morgan fingerprint density at radius 2 is 1.28 bits per heavy atom. The molecule has 1 aliphatic carbocycles. The first-order valence-electron chi connectivity index (χ1n) is 12.0. The summed E-state index contributed by atoms with van der Waals surface area (Å²) in [7, 11) is 0. The van der Waals surface area contributed by atoms with Crippen LogP contribution in [-0.4, -0.2) is 11.8 Å². The van der Waals surface area contributed by atoms with Gasteiger partial charge in [0, 0.05) is 27.8 Å². The van der Waals surface area contributed by atoms with Crippen LogP contribution in [0.5, 0.6) is 0 Å². The van der Waals surface area contributed by atoms with Crippen molar-refractivity contribution in [3.8, 4) is 0 Å². The van der Waals surface area contributed by atoms with E-state index in [1.165, 1.54) is 11.1 Å². The predicted octanol–water partition coefficient (Wildman–Crippen LogP) is 7.25. The number of rotatable bonds is 8. The number of hydrogen-bond acceptors (Lipinski definition) is 4. The van der Waals surface area contributed by atoms with Crippen LogP contribution in [0.4, 0.5) is 0 Å². The van der Waals surface area contributed by atoms with Gasteiger partial charge in [-0.05, 0) is 53.4 Å². The molecule has 5 rings (SSSR count). The molecule has 5 heteroatoms. The Morgan fingerprint density at radius 3 is 1.81 bits per heavy atom. The first-order chi connectivity index (χ1) is 17.5. The topological polar surface area (TPSA) is 58.2 Å². The number of nitrogens with one attached hydrogen (secondary N) is 1. The van der Waals surface area contributed by atoms with E-state index >= 15 is 0 Å². The fraction of sp³-hybridized carbons (Fsp3) is 0.161. The third-order valence-corrected chi connectivity index (χ3v) is 7.32. The zero-order valence-electron chi connectivity index (χ0n) is 19.8. The summed E-state index contributed by atoms with van der Waals surface area (Å²) in [5, 5.41) is 0. The van der Waals surface area contributed by atoms with Crippen LogP contribution in [0.25, 0.3) is 0 Å². The van der Waals surface area contributed by atoms with Crippen molar-refractivity contribution in [3.63, 3.8) is 0 Å². The number of hydrogen-bond donors (Lipinski definition) is 1. The molecule has 0 spiro atoms. The maximum atomic E-state index is 13.5. The largest absolute Gasteiger partial charge is 0.630 e. The van der Waals surface area contributed by atoms with Crippen LogP contribution in [0.3, 0.4) is 0 Å². The van der Waals surface area contributed by atoms with Gasteiger partial charge in [-0.25, -0.2) is 0 Å². The number of Topliss-reactive ketones (excluding diaryl/α,β-unsaturated/α-hetero) is 1. The molecule has 0 heterocycles. The maximum Gasteiger partial charge on any atom is 0.630 e. The van der Waals surface area contributed by atoms with E-state index < -0.39 is 5.97 Å². The lowest BCUT2D eigenvalue weighted by molar-refractivity contribution is 0.0169. The van der Waals surface area contributed by atoms with Gasteiger partial charge < -0.3 is 0 Å². The van der Waals surface area contributed by atoms with Gasteiger partial charge >= 0.3 is 5.97 Å². The number of benzene rings is 4. The van der Waals surface area contributed by atoms with Gasteiger partial charge in [0.05, 0.1) is 10.8 Å². The van der Waals surface area contributed by atoms with E-state index in [0.717, 1.165) is 10.0 Å². The molecule has 0 amide bonds. The number of halogens is 1. The van der Waals surface area contributed by atoms with E-state index in [0.29, 0.717) is 11.1 Å². The van der Waals surface area contributed by atoms with Gasteiger partial charge in [0.25, 0.3) is 0 Å². The lowest BCUT2D eigenvalue weighted by Crippen LogP contribution is -2.23. The number of carbonyl (C=O) groups is 2. The lowest BCUT2D eigenvalue weighted by atomic mass is 10.0. The minimum Gasteiger partial charge on any atom is -0.294 e. The van der Waals surface area contributed by atoms with Gasteiger partial charge in [-0.3, -0.25) is 4.79 Å². The highest BCUT2D eigenvalue weighted by Gasteiger charge is 2.55. The minimum absolute atomic E-state index is 0.0969. The number of carbonyl (C=O) groups excluding carboxylic acids is 2. The molecule has 4 aromatic carbocycles. The van der Waals surface area contributed by atoms with Crippen molar-refractivity contribution < 1.29 is 14.4 Å². The molecular weight excluding hydrogens is 514 g/mol. The lowest BCUT2D eigenvalue weighted by Gasteiger charge is -2.08. The van der Waals surface area contributed by atoms with Gasteiger partial charge in [0.2, 0.25) is 0 Å². The second kappa shape index (κ2) is 10.6. The second-order valence-corrected chi connectivity index (χ2v) is 10.0. The molecular formula is C31H26BrNO3+. The first-order valence-corrected chi connectivity index (χ1v) is 12.8. The van der Waals surface area contributed by atoms with Crippen molar-refractivity contribution in [3.05, 3.63) is 141 Å². The summed E-state index contributed by atoms with van der Waals surface area (Å²) in [5.74, 6) is -0.223. The monoisotopic (exact) mass is 539 g/mol. The van der Waals surface area contributed by atoms with Gasteiger partial charge in [-0.1, -0.05) is 101 Å². The summed E-state index contributed by atoms with van der Waals surface area (Å²) in [5.41, 5.74) is 7.14. The van der Waals surface area contributed by atoms with E-state index in [2.05, 4.69) is 45.7 Å². The molecule has 0 aliphatic heterocycles. The highest BCUT2D eigenvalue weighted by Crippen LogP contribution is 2.61. The second-order valence-electron chi connectivity index (χ2n) is 9.12. The summed E-state index contributed by atoms with van der Waals surface area (Å²) in [4.78, 5) is 31.4. The van der Waals surface area contributed by atoms with E-state index in [1.807, 2.05) is 67.6 Å². The maximum absolute atomic E-state index is 13.5. The summed E-state index contributed by atoms with van der Waals surface area (Å²) < 4.78 is 0.987. The van der Waals surface area contributed by atoms with Gasteiger partial charge in [0.1, 0.15) is 5.56 Å². The summed E-state index contributed by atoms with van der Waals surface area (Å²) >= 11 is 3.42. The molecule has 0 aromatic heterocycles. The third kappa shape index (κ3) is 5.18. The molecule has 1 aliphatic rings. The molecule has 1 N–H and O–H groups in total. The zero-order valence-corrected chi connectivity index (χ0v) is 21.4. The van der Waals surface area contributed by atoms with Crippen molar-refractivity contribution in [2.75, 3.05) is 0 Å². The minimum atomic E-state index is -0.492. The molecule has 0 saturated heterocycles. The Balaban J connectivity index is 1.26. The van der Waals surface area contributed by atoms with Crippen molar-refractivity contribution in [1.82, 2.24) is 5.48 Å². The van der Waals surface area contributed by atoms with Gasteiger partial charge in [-0.15, -0.1) is 0 Å². The highest BCUT2D eigenvalue weighted by molar-refractivity contribution is 9.10. The Hall–Kier alpha value is -3.54. The zero-order chi connectivity index (χ0) is 25.1. The van der Waals surface area contributed by atoms with Crippen LogP contribution in [0.15, 0.2) is 114 Å². The third-order valence-electron chi connectivity index (χ3n) is 6.80. The Kier molecular flexibility index (Phi) is 7.12. The first kappa shape index (κ1) is 24.2. The molecule has 0 unspecified atom stereocenters. The van der Waals surface area contributed by atoms with Crippen molar-refractivity contribution in [1.29, 1.82) is 0 Å². The normalized spacial score (nSPS) is 19.3. The summed E-state index contributed by atoms with van der Waals surface area (Å²) in [6, 6.07) is 34.8. The van der Waals surface area contributed by atoms with Crippen LogP contribution in [-0.2, 0) is 4.84 Å². The Morgan fingerprint density at radius 1 is 0.778 bits per heavy atom. The average Bonchev–Trinajstić information content (AvgIpc) is 3.68. The van der Waals surface area contributed by atoms with Crippen LogP contribution < -0.4 is 5.48 Å². The summed E-state index contributed by atoms with van der Waals surface area (Å²) in [6.07, 6.45) is 0. The average molecular weight is 540 g/mol. The molecule has 179 valence electrons. The smallest absolute Gasteiger partial charge is 0.294 e. The predicted molar refractivity (Wildman–Crippen MR) is 144 cm³/mol. The van der Waals surface area contributed by atoms with Crippen LogP contribution in [0.2, 0.25) is 0 Å². The van der Waals surface area contributed by atoms with E-state index in [4.69, 9.17) is 4.84 Å².